The van der Waals surface area contributed by atoms with Crippen LogP contribution in [0.1, 0.15) is 46.4 Å². The van der Waals surface area contributed by atoms with Crippen molar-refractivity contribution in [1.29, 1.82) is 0 Å². The van der Waals surface area contributed by atoms with Crippen LogP contribution in [0.4, 0.5) is 4.79 Å². The van der Waals surface area contributed by atoms with Crippen LogP contribution in [-0.2, 0) is 16.1 Å². The van der Waals surface area contributed by atoms with Crippen molar-refractivity contribution >= 4 is 35.2 Å². The van der Waals surface area contributed by atoms with Gasteiger partial charge in [-0.05, 0) is 24.8 Å². The van der Waals surface area contributed by atoms with E-state index in [2.05, 4.69) is 15.3 Å². The number of benzene rings is 1. The minimum Gasteiger partial charge on any atom is -0.444 e. The van der Waals surface area contributed by atoms with Gasteiger partial charge in [0.25, 0.3) is 5.91 Å². The molecule has 0 aliphatic heterocycles. The summed E-state index contributed by atoms with van der Waals surface area (Å²) in [5.74, 6) is -0.996. The maximum Gasteiger partial charge on any atom is 0.414 e. The second-order valence-electron chi connectivity index (χ2n) is 7.25. The molecule has 0 spiro atoms. The van der Waals surface area contributed by atoms with E-state index in [9.17, 15) is 14.4 Å². The topological polar surface area (TPSA) is 179 Å². The van der Waals surface area contributed by atoms with E-state index in [1.54, 1.807) is 5.38 Å². The molecule has 2 rings (SSSR count). The van der Waals surface area contributed by atoms with Crippen molar-refractivity contribution in [1.82, 2.24) is 15.2 Å². The molecule has 0 saturated carbocycles. The van der Waals surface area contributed by atoms with Gasteiger partial charge in [-0.25, -0.2) is 9.78 Å². The molecule has 12 heteroatoms. The predicted molar refractivity (Wildman–Crippen MR) is 125 cm³/mol. The number of hydrogen-bond donors (Lipinski definition) is 4. The number of primary amides is 1. The summed E-state index contributed by atoms with van der Waals surface area (Å²) >= 11 is 1.29. The molecule has 7 N–H and O–H groups in total. The Morgan fingerprint density at radius 3 is 2.64 bits per heavy atom. The predicted octanol–water partition coefficient (Wildman–Crippen LogP) is 1.11. The number of unbranched alkanes of at least 4 members (excludes halogenated alkanes) is 1. The number of carbonyl (C=O) groups excluding carboxylic acids is 3. The number of nitrogens with one attached hydrogen (secondary N) is 1. The smallest absolute Gasteiger partial charge is 0.414 e. The van der Waals surface area contributed by atoms with Gasteiger partial charge in [-0.2, -0.15) is 0 Å². The third kappa shape index (κ3) is 9.25. The molecule has 0 aliphatic rings. The lowest BCUT2D eigenvalue weighted by Gasteiger charge is -2.13. The van der Waals surface area contributed by atoms with E-state index in [0.29, 0.717) is 24.4 Å². The Labute approximate surface area is 196 Å². The quantitative estimate of drug-likeness (QED) is 0.213. The minimum atomic E-state index is -0.669. The molecular weight excluding hydrogens is 446 g/mol. The van der Waals surface area contributed by atoms with Gasteiger partial charge in [-0.1, -0.05) is 30.3 Å². The second kappa shape index (κ2) is 13.1. The average Bonchev–Trinajstić information content (AvgIpc) is 3.27. The number of hydrogen-bond acceptors (Lipinski definition) is 8. The summed E-state index contributed by atoms with van der Waals surface area (Å²) in [4.78, 5) is 44.5. The van der Waals surface area contributed by atoms with Crippen molar-refractivity contribution in [3.8, 4) is 0 Å². The van der Waals surface area contributed by atoms with Crippen molar-refractivity contribution in [2.75, 3.05) is 20.1 Å². The fourth-order valence-electron chi connectivity index (χ4n) is 2.76. The third-order valence-electron chi connectivity index (χ3n) is 4.45. The molecule has 11 nitrogen and oxygen atoms in total. The fraction of sp³-hybridized carbons (Fsp3) is 0.381. The summed E-state index contributed by atoms with van der Waals surface area (Å²) in [7, 11) is 1.48. The molecule has 2 aromatic rings. The van der Waals surface area contributed by atoms with Crippen LogP contribution in [0.5, 0.6) is 0 Å². The highest BCUT2D eigenvalue weighted by atomic mass is 32.1. The molecule has 1 aromatic carbocycles. The lowest BCUT2D eigenvalue weighted by molar-refractivity contribution is -0.118. The molecule has 33 heavy (non-hydrogen) atoms. The molecule has 1 atom stereocenters. The molecule has 3 amide bonds. The number of aliphatic imine (C=N–C) groups is 1. The highest BCUT2D eigenvalue weighted by Gasteiger charge is 2.19. The van der Waals surface area contributed by atoms with E-state index >= 15 is 0 Å². The Bertz CT molecular complexity index is 965. The highest BCUT2D eigenvalue weighted by Crippen LogP contribution is 2.21. The lowest BCUT2D eigenvalue weighted by atomic mass is 10.1. The van der Waals surface area contributed by atoms with Gasteiger partial charge in [0, 0.05) is 19.0 Å². The summed E-state index contributed by atoms with van der Waals surface area (Å²) in [6.45, 7) is 0.376. The molecule has 0 fully saturated rings. The molecule has 1 aromatic heterocycles. The first-order valence-corrected chi connectivity index (χ1v) is 11.2. The van der Waals surface area contributed by atoms with Crippen molar-refractivity contribution in [3.63, 3.8) is 0 Å². The summed E-state index contributed by atoms with van der Waals surface area (Å²) < 4.78 is 5.08. The van der Waals surface area contributed by atoms with E-state index in [1.165, 1.54) is 23.3 Å². The van der Waals surface area contributed by atoms with Gasteiger partial charge in [0.15, 0.2) is 5.96 Å². The van der Waals surface area contributed by atoms with Crippen LogP contribution in [-0.4, -0.2) is 53.9 Å². The molecule has 1 unspecified atom stereocenters. The second-order valence-corrected chi connectivity index (χ2v) is 8.14. The largest absolute Gasteiger partial charge is 0.444 e. The maximum absolute atomic E-state index is 12.2. The standard InChI is InChI=1S/C21H29N7O4S/c1-28(11-17(23)29)19(30)16-13-33-18(26-16)15(22)9-5-6-10-25-20(24)27-21(31)32-12-14-7-3-2-4-8-14/h2-4,7-8,13,15H,5-6,9-12,22H2,1H3,(H2,23,29)(H3,24,25,27,31). The summed E-state index contributed by atoms with van der Waals surface area (Å²) in [6, 6.07) is 8.96. The normalized spacial score (nSPS) is 12.1. The van der Waals surface area contributed by atoms with Gasteiger partial charge in [0.2, 0.25) is 5.91 Å². The Hall–Kier alpha value is -3.51. The number of rotatable bonds is 11. The first-order valence-electron chi connectivity index (χ1n) is 10.3. The molecule has 1 heterocycles. The number of thiazole rings is 1. The third-order valence-corrected chi connectivity index (χ3v) is 5.42. The van der Waals surface area contributed by atoms with Crippen LogP contribution < -0.4 is 22.5 Å². The average molecular weight is 476 g/mol. The Kier molecular flexibility index (Phi) is 10.2. The number of likely N-dealkylation sites (N-methyl/N-ethyl adjacent to an activating group) is 1. The van der Waals surface area contributed by atoms with E-state index < -0.39 is 12.0 Å². The van der Waals surface area contributed by atoms with Gasteiger partial charge in [-0.3, -0.25) is 19.9 Å². The summed E-state index contributed by atoms with van der Waals surface area (Å²) in [5.41, 5.74) is 18.1. The van der Waals surface area contributed by atoms with Crippen molar-refractivity contribution in [3.05, 3.63) is 52.0 Å². The van der Waals surface area contributed by atoms with E-state index in [-0.39, 0.29) is 36.8 Å². The lowest BCUT2D eigenvalue weighted by Crippen LogP contribution is -2.37. The molecule has 178 valence electrons. The molecule has 0 bridgehead atoms. The number of alkyl carbamates (subject to hydrolysis) is 1. The fourth-order valence-corrected chi connectivity index (χ4v) is 3.59. The van der Waals surface area contributed by atoms with Crippen LogP contribution >= 0.6 is 11.3 Å². The van der Waals surface area contributed by atoms with Gasteiger partial charge < -0.3 is 26.8 Å². The van der Waals surface area contributed by atoms with Gasteiger partial charge in [0.1, 0.15) is 17.3 Å². The Morgan fingerprint density at radius 2 is 1.94 bits per heavy atom. The van der Waals surface area contributed by atoms with Crippen molar-refractivity contribution < 1.29 is 19.1 Å². The van der Waals surface area contributed by atoms with E-state index in [0.717, 1.165) is 12.0 Å². The van der Waals surface area contributed by atoms with Gasteiger partial charge >= 0.3 is 6.09 Å². The molecule has 0 aliphatic carbocycles. The first kappa shape index (κ1) is 25.7. The minimum absolute atomic E-state index is 0.0134. The van der Waals surface area contributed by atoms with Gasteiger partial charge in [0.05, 0.1) is 12.6 Å². The van der Waals surface area contributed by atoms with Crippen LogP contribution in [0.3, 0.4) is 0 Å². The number of carbonyl (C=O) groups is 3. The van der Waals surface area contributed by atoms with Crippen LogP contribution in [0, 0.1) is 0 Å². The number of ether oxygens (including phenoxy) is 1. The monoisotopic (exact) mass is 475 g/mol. The highest BCUT2D eigenvalue weighted by molar-refractivity contribution is 7.09. The zero-order valence-corrected chi connectivity index (χ0v) is 19.2. The SMILES string of the molecule is CN(CC(N)=O)C(=O)c1csc(C(N)CCCCN=C(N)NC(=O)OCc2ccccc2)n1. The van der Waals surface area contributed by atoms with Gasteiger partial charge in [-0.15, -0.1) is 11.3 Å². The zero-order valence-electron chi connectivity index (χ0n) is 18.4. The van der Waals surface area contributed by atoms with Crippen LogP contribution in [0.25, 0.3) is 0 Å². The van der Waals surface area contributed by atoms with Crippen molar-refractivity contribution in [2.45, 2.75) is 31.9 Å². The van der Waals surface area contributed by atoms with E-state index in [1.807, 2.05) is 30.3 Å². The summed E-state index contributed by atoms with van der Waals surface area (Å²) in [5, 5.41) is 4.63. The Morgan fingerprint density at radius 1 is 1.21 bits per heavy atom. The van der Waals surface area contributed by atoms with E-state index in [4.69, 9.17) is 21.9 Å². The maximum atomic E-state index is 12.2. The van der Waals surface area contributed by atoms with Crippen molar-refractivity contribution in [2.24, 2.45) is 22.2 Å². The Balaban J connectivity index is 1.67. The van der Waals surface area contributed by atoms with Crippen LogP contribution in [0.15, 0.2) is 40.7 Å². The number of nitrogens with two attached hydrogens (primary N) is 3. The first-order chi connectivity index (χ1) is 15.8. The number of amides is 3. The summed E-state index contributed by atoms with van der Waals surface area (Å²) in [6.07, 6.45) is 1.42. The number of nitrogens with zero attached hydrogens (tertiary/aromatic N) is 3. The number of guanidine groups is 1. The van der Waals surface area contributed by atoms with Crippen LogP contribution in [0.2, 0.25) is 0 Å². The molecule has 0 saturated heterocycles. The molecular formula is C21H29N7O4S. The zero-order chi connectivity index (χ0) is 24.2. The number of aromatic nitrogens is 1. The molecule has 0 radical (unpaired) electrons.